The summed E-state index contributed by atoms with van der Waals surface area (Å²) in [6.45, 7) is 3.84. The Labute approximate surface area is 178 Å². The standard InChI is InChI=1S/C20H22ClN5O2S/c1-24-8-10-25(11-9-24)18(27)14-29-20-23-22-19(15-4-6-16(21)7-5-15)26(20)13-17-3-2-12-28-17/h2-7,12H,8-11,13-14H2,1H3. The van der Waals surface area contributed by atoms with Gasteiger partial charge in [-0.15, -0.1) is 10.2 Å². The van der Waals surface area contributed by atoms with Crippen molar-refractivity contribution in [2.75, 3.05) is 39.0 Å². The molecule has 0 unspecified atom stereocenters. The molecule has 1 aliphatic heterocycles. The van der Waals surface area contributed by atoms with Crippen molar-refractivity contribution in [3.63, 3.8) is 0 Å². The Morgan fingerprint density at radius 2 is 1.90 bits per heavy atom. The molecule has 7 nitrogen and oxygen atoms in total. The average molecular weight is 432 g/mol. The van der Waals surface area contributed by atoms with E-state index in [1.54, 1.807) is 6.26 Å². The molecule has 0 bridgehead atoms. The van der Waals surface area contributed by atoms with Gasteiger partial charge in [0.25, 0.3) is 0 Å². The van der Waals surface area contributed by atoms with Gasteiger partial charge in [0.2, 0.25) is 5.91 Å². The van der Waals surface area contributed by atoms with Crippen LogP contribution in [-0.4, -0.2) is 69.5 Å². The van der Waals surface area contributed by atoms with Gasteiger partial charge in [-0.3, -0.25) is 9.36 Å². The molecule has 1 amide bonds. The number of likely N-dealkylation sites (N-methyl/N-ethyl adjacent to an activating group) is 1. The lowest BCUT2D eigenvalue weighted by Gasteiger charge is -2.32. The molecular weight excluding hydrogens is 410 g/mol. The topological polar surface area (TPSA) is 67.4 Å². The lowest BCUT2D eigenvalue weighted by molar-refractivity contribution is -0.129. The molecule has 1 aliphatic rings. The van der Waals surface area contributed by atoms with E-state index in [9.17, 15) is 4.79 Å². The van der Waals surface area contributed by atoms with Crippen LogP contribution in [0, 0.1) is 0 Å². The van der Waals surface area contributed by atoms with E-state index in [2.05, 4.69) is 22.1 Å². The first kappa shape index (κ1) is 20.0. The van der Waals surface area contributed by atoms with Crippen LogP contribution in [-0.2, 0) is 11.3 Å². The second-order valence-electron chi connectivity index (χ2n) is 6.95. The van der Waals surface area contributed by atoms with Crippen molar-refractivity contribution >= 4 is 29.3 Å². The smallest absolute Gasteiger partial charge is 0.233 e. The van der Waals surface area contributed by atoms with Crippen LogP contribution >= 0.6 is 23.4 Å². The van der Waals surface area contributed by atoms with Crippen LogP contribution in [0.2, 0.25) is 5.02 Å². The Morgan fingerprint density at radius 3 is 2.59 bits per heavy atom. The van der Waals surface area contributed by atoms with Crippen LogP contribution in [0.5, 0.6) is 0 Å². The van der Waals surface area contributed by atoms with E-state index in [1.165, 1.54) is 11.8 Å². The largest absolute Gasteiger partial charge is 0.467 e. The third-order valence-corrected chi connectivity index (χ3v) is 6.10. The maximum absolute atomic E-state index is 12.6. The number of hydrogen-bond donors (Lipinski definition) is 0. The fraction of sp³-hybridized carbons (Fsp3) is 0.350. The van der Waals surface area contributed by atoms with Crippen LogP contribution in [0.1, 0.15) is 5.76 Å². The molecule has 0 N–H and O–H groups in total. The molecule has 29 heavy (non-hydrogen) atoms. The monoisotopic (exact) mass is 431 g/mol. The second-order valence-corrected chi connectivity index (χ2v) is 8.33. The molecule has 0 saturated carbocycles. The van der Waals surface area contributed by atoms with Crippen LogP contribution in [0.3, 0.4) is 0 Å². The maximum Gasteiger partial charge on any atom is 0.233 e. The minimum absolute atomic E-state index is 0.128. The second kappa shape index (κ2) is 9.02. The van der Waals surface area contributed by atoms with Crippen molar-refractivity contribution in [2.24, 2.45) is 0 Å². The van der Waals surface area contributed by atoms with Crippen molar-refractivity contribution < 1.29 is 9.21 Å². The summed E-state index contributed by atoms with van der Waals surface area (Å²) in [5.74, 6) is 1.98. The first-order valence-corrected chi connectivity index (χ1v) is 10.8. The fourth-order valence-electron chi connectivity index (χ4n) is 3.18. The van der Waals surface area contributed by atoms with E-state index >= 15 is 0 Å². The van der Waals surface area contributed by atoms with Gasteiger partial charge in [0.1, 0.15) is 5.76 Å². The van der Waals surface area contributed by atoms with E-state index in [0.717, 1.165) is 37.5 Å². The van der Waals surface area contributed by atoms with Gasteiger partial charge < -0.3 is 14.2 Å². The highest BCUT2D eigenvalue weighted by Crippen LogP contribution is 2.26. The molecule has 3 heterocycles. The number of amides is 1. The van der Waals surface area contributed by atoms with Crippen molar-refractivity contribution in [1.82, 2.24) is 24.6 Å². The first-order chi connectivity index (χ1) is 14.1. The lowest BCUT2D eigenvalue weighted by atomic mass is 10.2. The summed E-state index contributed by atoms with van der Waals surface area (Å²) in [5, 5.41) is 10.1. The maximum atomic E-state index is 12.6. The fourth-order valence-corrected chi connectivity index (χ4v) is 4.15. The molecular formula is C20H22ClN5O2S. The summed E-state index contributed by atoms with van der Waals surface area (Å²) in [5.41, 5.74) is 0.908. The Hall–Kier alpha value is -2.29. The van der Waals surface area contributed by atoms with Crippen LogP contribution in [0.4, 0.5) is 0 Å². The summed E-state index contributed by atoms with van der Waals surface area (Å²) in [7, 11) is 2.08. The number of piperazine rings is 1. The molecule has 9 heteroatoms. The molecule has 0 atom stereocenters. The van der Waals surface area contributed by atoms with E-state index in [-0.39, 0.29) is 5.91 Å². The highest BCUT2D eigenvalue weighted by Gasteiger charge is 2.21. The zero-order chi connectivity index (χ0) is 20.2. The number of rotatable bonds is 6. The Balaban J connectivity index is 1.53. The Kier molecular flexibility index (Phi) is 6.22. The zero-order valence-electron chi connectivity index (χ0n) is 16.1. The highest BCUT2D eigenvalue weighted by atomic mass is 35.5. The molecule has 1 fully saturated rings. The van der Waals surface area contributed by atoms with Gasteiger partial charge >= 0.3 is 0 Å². The van der Waals surface area contributed by atoms with E-state index in [1.807, 2.05) is 45.9 Å². The van der Waals surface area contributed by atoms with Crippen LogP contribution in [0.15, 0.2) is 52.2 Å². The van der Waals surface area contributed by atoms with E-state index < -0.39 is 0 Å². The Bertz CT molecular complexity index is 950. The summed E-state index contributed by atoms with van der Waals surface area (Å²) in [6.07, 6.45) is 1.64. The predicted octanol–water partition coefficient (Wildman–Crippen LogP) is 3.11. The number of furan rings is 1. The molecule has 2 aromatic heterocycles. The van der Waals surface area contributed by atoms with Crippen molar-refractivity contribution in [3.8, 4) is 11.4 Å². The van der Waals surface area contributed by atoms with E-state index in [0.29, 0.717) is 28.3 Å². The number of carbonyl (C=O) groups excluding carboxylic acids is 1. The normalized spacial score (nSPS) is 15.0. The first-order valence-electron chi connectivity index (χ1n) is 9.41. The number of carbonyl (C=O) groups is 1. The SMILES string of the molecule is CN1CCN(C(=O)CSc2nnc(-c3ccc(Cl)cc3)n2Cc2ccco2)CC1. The molecule has 0 aliphatic carbocycles. The van der Waals surface area contributed by atoms with Crippen molar-refractivity contribution in [2.45, 2.75) is 11.7 Å². The third-order valence-electron chi connectivity index (χ3n) is 4.89. The summed E-state index contributed by atoms with van der Waals surface area (Å²) in [6, 6.07) is 11.2. The van der Waals surface area contributed by atoms with Gasteiger partial charge in [0.15, 0.2) is 11.0 Å². The summed E-state index contributed by atoms with van der Waals surface area (Å²) < 4.78 is 7.49. The Morgan fingerprint density at radius 1 is 1.14 bits per heavy atom. The molecule has 4 rings (SSSR count). The van der Waals surface area contributed by atoms with Gasteiger partial charge in [0, 0.05) is 36.8 Å². The molecule has 3 aromatic rings. The number of benzene rings is 1. The molecule has 1 aromatic carbocycles. The number of halogens is 1. The summed E-state index contributed by atoms with van der Waals surface area (Å²) in [4.78, 5) is 16.8. The minimum atomic E-state index is 0.128. The summed E-state index contributed by atoms with van der Waals surface area (Å²) >= 11 is 7.43. The lowest BCUT2D eigenvalue weighted by Crippen LogP contribution is -2.47. The number of nitrogens with zero attached hydrogens (tertiary/aromatic N) is 5. The van der Waals surface area contributed by atoms with Crippen molar-refractivity contribution in [1.29, 1.82) is 0 Å². The van der Waals surface area contributed by atoms with Gasteiger partial charge in [0.05, 0.1) is 18.6 Å². The molecule has 0 radical (unpaired) electrons. The average Bonchev–Trinajstić information content (AvgIpc) is 3.38. The molecule has 0 spiro atoms. The van der Waals surface area contributed by atoms with E-state index in [4.69, 9.17) is 16.0 Å². The third kappa shape index (κ3) is 4.83. The quantitative estimate of drug-likeness (QED) is 0.559. The number of thioether (sulfide) groups is 1. The minimum Gasteiger partial charge on any atom is -0.467 e. The highest BCUT2D eigenvalue weighted by molar-refractivity contribution is 7.99. The van der Waals surface area contributed by atoms with Crippen LogP contribution < -0.4 is 0 Å². The number of aromatic nitrogens is 3. The van der Waals surface area contributed by atoms with Gasteiger partial charge in [-0.1, -0.05) is 23.4 Å². The van der Waals surface area contributed by atoms with Crippen LogP contribution in [0.25, 0.3) is 11.4 Å². The van der Waals surface area contributed by atoms with Gasteiger partial charge in [-0.2, -0.15) is 0 Å². The molecule has 1 saturated heterocycles. The van der Waals surface area contributed by atoms with Gasteiger partial charge in [-0.05, 0) is 43.4 Å². The molecule has 152 valence electrons. The zero-order valence-corrected chi connectivity index (χ0v) is 17.7. The van der Waals surface area contributed by atoms with Crippen molar-refractivity contribution in [3.05, 3.63) is 53.4 Å². The number of hydrogen-bond acceptors (Lipinski definition) is 6. The predicted molar refractivity (Wildman–Crippen MR) is 113 cm³/mol. The van der Waals surface area contributed by atoms with Gasteiger partial charge in [-0.25, -0.2) is 0 Å².